The zero-order valence-corrected chi connectivity index (χ0v) is 16.8. The first-order valence-electron chi connectivity index (χ1n) is 9.15. The van der Waals surface area contributed by atoms with Crippen LogP contribution in [0.2, 0.25) is 5.02 Å². The van der Waals surface area contributed by atoms with Gasteiger partial charge in [-0.2, -0.15) is 0 Å². The molecule has 1 amide bonds. The van der Waals surface area contributed by atoms with Crippen LogP contribution in [0.3, 0.4) is 0 Å². The summed E-state index contributed by atoms with van der Waals surface area (Å²) in [4.78, 5) is 16.8. The van der Waals surface area contributed by atoms with Crippen LogP contribution in [-0.2, 0) is 4.79 Å². The Balaban J connectivity index is 1.48. The average Bonchev–Trinajstić information content (AvgIpc) is 3.13. The lowest BCUT2D eigenvalue weighted by Crippen LogP contribution is -2.20. The van der Waals surface area contributed by atoms with Gasteiger partial charge in [0.2, 0.25) is 5.89 Å². The SMILES string of the molecule is Cc1ccc(-c2nc3cc(NC(=O)COc4ccccc4C)ccc3o2)cc1Cl. The van der Waals surface area contributed by atoms with Crippen LogP contribution in [-0.4, -0.2) is 17.5 Å². The molecule has 0 unspecified atom stereocenters. The van der Waals surface area contributed by atoms with Gasteiger partial charge in [0, 0.05) is 16.3 Å². The third-order valence-electron chi connectivity index (χ3n) is 4.54. The first kappa shape index (κ1) is 19.0. The van der Waals surface area contributed by atoms with E-state index in [0.717, 1.165) is 16.7 Å². The van der Waals surface area contributed by atoms with Gasteiger partial charge >= 0.3 is 0 Å². The number of aromatic nitrogens is 1. The highest BCUT2D eigenvalue weighted by Gasteiger charge is 2.11. The van der Waals surface area contributed by atoms with Gasteiger partial charge in [-0.1, -0.05) is 35.9 Å². The summed E-state index contributed by atoms with van der Waals surface area (Å²) < 4.78 is 11.4. The van der Waals surface area contributed by atoms with Crippen LogP contribution in [0, 0.1) is 13.8 Å². The van der Waals surface area contributed by atoms with Crippen LogP contribution in [0.1, 0.15) is 11.1 Å². The summed E-state index contributed by atoms with van der Waals surface area (Å²) >= 11 is 6.20. The van der Waals surface area contributed by atoms with Crippen molar-refractivity contribution in [1.82, 2.24) is 4.98 Å². The summed E-state index contributed by atoms with van der Waals surface area (Å²) in [6.45, 7) is 3.80. The number of amides is 1. The number of carbonyl (C=O) groups excluding carboxylic acids is 1. The Morgan fingerprint density at radius 2 is 1.90 bits per heavy atom. The van der Waals surface area contributed by atoms with Crippen LogP contribution >= 0.6 is 11.6 Å². The summed E-state index contributed by atoms with van der Waals surface area (Å²) in [6.07, 6.45) is 0. The largest absolute Gasteiger partial charge is 0.483 e. The van der Waals surface area contributed by atoms with E-state index in [1.807, 2.05) is 56.3 Å². The molecule has 0 atom stereocenters. The molecule has 4 rings (SSSR count). The molecule has 1 heterocycles. The Morgan fingerprint density at radius 3 is 2.69 bits per heavy atom. The fraction of sp³-hybridized carbons (Fsp3) is 0.130. The number of fused-ring (bicyclic) bond motifs is 1. The molecule has 146 valence electrons. The molecule has 0 aliphatic carbocycles. The van der Waals surface area contributed by atoms with E-state index in [9.17, 15) is 4.79 Å². The van der Waals surface area contributed by atoms with Crippen molar-refractivity contribution in [3.8, 4) is 17.2 Å². The Kier molecular flexibility index (Phi) is 5.23. The highest BCUT2D eigenvalue weighted by atomic mass is 35.5. The van der Waals surface area contributed by atoms with Gasteiger partial charge in [-0.25, -0.2) is 4.98 Å². The van der Waals surface area contributed by atoms with Crippen molar-refractivity contribution in [2.75, 3.05) is 11.9 Å². The smallest absolute Gasteiger partial charge is 0.262 e. The van der Waals surface area contributed by atoms with Crippen molar-refractivity contribution in [1.29, 1.82) is 0 Å². The molecule has 0 spiro atoms. The second-order valence-electron chi connectivity index (χ2n) is 6.77. The van der Waals surface area contributed by atoms with Gasteiger partial charge in [0.05, 0.1) is 0 Å². The predicted molar refractivity (Wildman–Crippen MR) is 114 cm³/mol. The maximum absolute atomic E-state index is 12.2. The van der Waals surface area contributed by atoms with Crippen LogP contribution in [0.25, 0.3) is 22.6 Å². The number of aryl methyl sites for hydroxylation is 2. The van der Waals surface area contributed by atoms with Crippen molar-refractivity contribution in [3.05, 3.63) is 76.8 Å². The van der Waals surface area contributed by atoms with Crippen LogP contribution < -0.4 is 10.1 Å². The number of oxazole rings is 1. The van der Waals surface area contributed by atoms with E-state index in [1.165, 1.54) is 0 Å². The number of benzene rings is 3. The first-order valence-corrected chi connectivity index (χ1v) is 9.53. The third kappa shape index (κ3) is 4.25. The lowest BCUT2D eigenvalue weighted by Gasteiger charge is -2.09. The zero-order chi connectivity index (χ0) is 20.4. The number of ether oxygens (including phenoxy) is 1. The van der Waals surface area contributed by atoms with Gasteiger partial charge in [0.25, 0.3) is 5.91 Å². The van der Waals surface area contributed by atoms with Crippen LogP contribution in [0.5, 0.6) is 5.75 Å². The van der Waals surface area contributed by atoms with Gasteiger partial charge in [-0.05, 0) is 61.4 Å². The summed E-state index contributed by atoms with van der Waals surface area (Å²) in [5.41, 5.74) is 4.67. The first-order chi connectivity index (χ1) is 14.0. The number of rotatable bonds is 5. The number of carbonyl (C=O) groups is 1. The number of halogens is 1. The molecule has 4 aromatic rings. The number of nitrogens with zero attached hydrogens (tertiary/aromatic N) is 1. The molecule has 6 heteroatoms. The van der Waals surface area contributed by atoms with E-state index in [0.29, 0.717) is 33.4 Å². The number of hydrogen-bond acceptors (Lipinski definition) is 4. The molecule has 5 nitrogen and oxygen atoms in total. The van der Waals surface area contributed by atoms with Gasteiger partial charge in [-0.3, -0.25) is 4.79 Å². The van der Waals surface area contributed by atoms with E-state index >= 15 is 0 Å². The van der Waals surface area contributed by atoms with Gasteiger partial charge in [0.15, 0.2) is 12.2 Å². The van der Waals surface area contributed by atoms with E-state index < -0.39 is 0 Å². The topological polar surface area (TPSA) is 64.4 Å². The highest BCUT2D eigenvalue weighted by molar-refractivity contribution is 6.31. The highest BCUT2D eigenvalue weighted by Crippen LogP contribution is 2.29. The molecule has 0 saturated heterocycles. The Labute approximate surface area is 173 Å². The molecule has 3 aromatic carbocycles. The minimum atomic E-state index is -0.248. The number of nitrogens with one attached hydrogen (secondary N) is 1. The fourth-order valence-corrected chi connectivity index (χ4v) is 3.09. The van der Waals surface area contributed by atoms with E-state index in [2.05, 4.69) is 10.3 Å². The molecule has 1 aromatic heterocycles. The lowest BCUT2D eigenvalue weighted by molar-refractivity contribution is -0.118. The van der Waals surface area contributed by atoms with Gasteiger partial charge < -0.3 is 14.5 Å². The quantitative estimate of drug-likeness (QED) is 0.456. The maximum atomic E-state index is 12.2. The van der Waals surface area contributed by atoms with Crippen molar-refractivity contribution in [2.45, 2.75) is 13.8 Å². The molecule has 1 N–H and O–H groups in total. The van der Waals surface area contributed by atoms with Crippen molar-refractivity contribution in [2.24, 2.45) is 0 Å². The standard InChI is InChI=1S/C23H19ClN2O3/c1-14-7-8-16(11-18(14)24)23-26-19-12-17(9-10-21(19)29-23)25-22(27)13-28-20-6-4-3-5-15(20)2/h3-12H,13H2,1-2H3,(H,25,27). The molecular formula is C23H19ClN2O3. The Morgan fingerprint density at radius 1 is 1.07 bits per heavy atom. The normalized spacial score (nSPS) is 10.9. The number of anilines is 1. The lowest BCUT2D eigenvalue weighted by atomic mass is 10.1. The summed E-state index contributed by atoms with van der Waals surface area (Å²) in [6, 6.07) is 18.5. The minimum Gasteiger partial charge on any atom is -0.483 e. The molecule has 29 heavy (non-hydrogen) atoms. The van der Waals surface area contributed by atoms with Gasteiger partial charge in [-0.15, -0.1) is 0 Å². The van der Waals surface area contributed by atoms with E-state index in [4.69, 9.17) is 20.8 Å². The fourth-order valence-electron chi connectivity index (χ4n) is 2.91. The summed E-state index contributed by atoms with van der Waals surface area (Å²) in [5.74, 6) is 0.922. The van der Waals surface area contributed by atoms with E-state index in [1.54, 1.807) is 18.2 Å². The molecular weight excluding hydrogens is 388 g/mol. The Hall–Kier alpha value is -3.31. The van der Waals surface area contributed by atoms with Crippen LogP contribution in [0.15, 0.2) is 65.1 Å². The van der Waals surface area contributed by atoms with Crippen molar-refractivity contribution in [3.63, 3.8) is 0 Å². The van der Waals surface area contributed by atoms with E-state index in [-0.39, 0.29) is 12.5 Å². The second-order valence-corrected chi connectivity index (χ2v) is 7.18. The molecule has 0 bridgehead atoms. The zero-order valence-electron chi connectivity index (χ0n) is 16.0. The molecule has 0 fully saturated rings. The number of hydrogen-bond donors (Lipinski definition) is 1. The molecule has 0 aliphatic heterocycles. The summed E-state index contributed by atoms with van der Waals surface area (Å²) in [7, 11) is 0. The van der Waals surface area contributed by atoms with Crippen molar-refractivity contribution >= 4 is 34.3 Å². The average molecular weight is 407 g/mol. The molecule has 0 aliphatic rings. The predicted octanol–water partition coefficient (Wildman–Crippen LogP) is 5.78. The van der Waals surface area contributed by atoms with Crippen LogP contribution in [0.4, 0.5) is 5.69 Å². The van der Waals surface area contributed by atoms with Gasteiger partial charge in [0.1, 0.15) is 11.3 Å². The minimum absolute atomic E-state index is 0.0746. The van der Waals surface area contributed by atoms with Crippen molar-refractivity contribution < 1.29 is 13.9 Å². The second kappa shape index (κ2) is 7.97. The number of para-hydroxylation sites is 1. The third-order valence-corrected chi connectivity index (χ3v) is 4.95. The Bertz CT molecular complexity index is 1200. The molecule has 0 radical (unpaired) electrons. The maximum Gasteiger partial charge on any atom is 0.262 e. The molecule has 0 saturated carbocycles. The monoisotopic (exact) mass is 406 g/mol. The summed E-state index contributed by atoms with van der Waals surface area (Å²) in [5, 5.41) is 3.48.